The molecule has 1 heterocycles. The second-order valence-corrected chi connectivity index (χ2v) is 7.71. The van der Waals surface area contributed by atoms with Gasteiger partial charge in [-0.2, -0.15) is 5.10 Å². The molecule has 0 aliphatic heterocycles. The molecular weight excluding hydrogens is 414 g/mol. The van der Waals surface area contributed by atoms with Gasteiger partial charge in [0.05, 0.1) is 36.2 Å². The van der Waals surface area contributed by atoms with Gasteiger partial charge in [-0.25, -0.2) is 10.4 Å². The summed E-state index contributed by atoms with van der Waals surface area (Å²) in [4.78, 5) is 17.8. The molecule has 0 aliphatic carbocycles. The monoisotopic (exact) mass is 439 g/mol. The largest absolute Gasteiger partial charge is 0.493 e. The highest BCUT2D eigenvalue weighted by molar-refractivity contribution is 6.07. The summed E-state index contributed by atoms with van der Waals surface area (Å²) in [5, 5.41) is 4.92. The Kier molecular flexibility index (Phi) is 6.64. The fourth-order valence-electron chi connectivity index (χ4n) is 3.46. The molecule has 6 heteroatoms. The number of ether oxygens (including phenoxy) is 2. The Hall–Kier alpha value is -4.19. The van der Waals surface area contributed by atoms with Gasteiger partial charge in [0.2, 0.25) is 0 Å². The Bertz CT molecular complexity index is 1300. The number of fused-ring (bicyclic) bond motifs is 1. The molecule has 0 fully saturated rings. The Labute approximate surface area is 192 Å². The third-order valence-electron chi connectivity index (χ3n) is 4.96. The lowest BCUT2D eigenvalue weighted by Gasteiger charge is -2.13. The highest BCUT2D eigenvalue weighted by atomic mass is 16.5. The van der Waals surface area contributed by atoms with Crippen molar-refractivity contribution in [2.24, 2.45) is 5.10 Å². The Morgan fingerprint density at radius 3 is 2.48 bits per heavy atom. The number of amides is 1. The molecule has 0 saturated carbocycles. The van der Waals surface area contributed by atoms with Gasteiger partial charge in [-0.15, -0.1) is 0 Å². The predicted octanol–water partition coefficient (Wildman–Crippen LogP) is 5.46. The molecule has 4 rings (SSSR count). The van der Waals surface area contributed by atoms with Crippen molar-refractivity contribution < 1.29 is 14.3 Å². The topological polar surface area (TPSA) is 72.8 Å². The van der Waals surface area contributed by atoms with Crippen LogP contribution in [0.2, 0.25) is 0 Å². The molecule has 0 saturated heterocycles. The predicted molar refractivity (Wildman–Crippen MR) is 131 cm³/mol. The maximum absolute atomic E-state index is 13.0. The lowest BCUT2D eigenvalue weighted by molar-refractivity contribution is 0.0956. The van der Waals surface area contributed by atoms with Gasteiger partial charge in [0.15, 0.2) is 11.5 Å². The molecule has 0 unspecified atom stereocenters. The first kappa shape index (κ1) is 22.0. The molecule has 0 bridgehead atoms. The second kappa shape index (κ2) is 9.96. The van der Waals surface area contributed by atoms with E-state index in [9.17, 15) is 4.79 Å². The second-order valence-electron chi connectivity index (χ2n) is 7.71. The van der Waals surface area contributed by atoms with Gasteiger partial charge in [0.25, 0.3) is 5.91 Å². The maximum atomic E-state index is 13.0. The normalized spacial score (nSPS) is 11.2. The number of rotatable bonds is 7. The molecule has 0 aliphatic rings. The molecule has 33 heavy (non-hydrogen) atoms. The number of hydrogen-bond acceptors (Lipinski definition) is 5. The van der Waals surface area contributed by atoms with Gasteiger partial charge >= 0.3 is 0 Å². The summed E-state index contributed by atoms with van der Waals surface area (Å²) >= 11 is 0. The number of aromatic nitrogens is 1. The van der Waals surface area contributed by atoms with Crippen molar-refractivity contribution in [2.75, 3.05) is 7.11 Å². The average molecular weight is 440 g/mol. The quantitative estimate of drug-likeness (QED) is 0.306. The first-order valence-electron chi connectivity index (χ1n) is 10.7. The average Bonchev–Trinajstić information content (AvgIpc) is 2.84. The van der Waals surface area contributed by atoms with Crippen molar-refractivity contribution in [1.82, 2.24) is 10.4 Å². The summed E-state index contributed by atoms with van der Waals surface area (Å²) < 4.78 is 11.1. The molecule has 0 spiro atoms. The number of para-hydroxylation sites is 1. The molecule has 1 N–H and O–H groups in total. The zero-order chi connectivity index (χ0) is 23.2. The Morgan fingerprint density at radius 2 is 1.73 bits per heavy atom. The van der Waals surface area contributed by atoms with Crippen LogP contribution >= 0.6 is 0 Å². The van der Waals surface area contributed by atoms with Crippen molar-refractivity contribution in [3.8, 4) is 22.8 Å². The molecule has 166 valence electrons. The van der Waals surface area contributed by atoms with Crippen molar-refractivity contribution in [1.29, 1.82) is 0 Å². The van der Waals surface area contributed by atoms with Crippen LogP contribution in [0.5, 0.6) is 11.5 Å². The van der Waals surface area contributed by atoms with Crippen molar-refractivity contribution in [3.05, 3.63) is 90.0 Å². The van der Waals surface area contributed by atoms with E-state index in [1.54, 1.807) is 19.4 Å². The lowest BCUT2D eigenvalue weighted by Crippen LogP contribution is -2.18. The summed E-state index contributed by atoms with van der Waals surface area (Å²) in [7, 11) is 1.59. The molecule has 0 atom stereocenters. The summed E-state index contributed by atoms with van der Waals surface area (Å²) in [5.74, 6) is 0.950. The van der Waals surface area contributed by atoms with Crippen LogP contribution in [-0.2, 0) is 0 Å². The number of nitrogens with zero attached hydrogens (tertiary/aromatic N) is 2. The first-order valence-corrected chi connectivity index (χ1v) is 10.7. The van der Waals surface area contributed by atoms with Gasteiger partial charge in [-0.3, -0.25) is 4.79 Å². The molecule has 1 amide bonds. The number of carbonyl (C=O) groups is 1. The summed E-state index contributed by atoms with van der Waals surface area (Å²) in [6, 6.07) is 24.6. The number of nitrogens with one attached hydrogen (secondary N) is 1. The van der Waals surface area contributed by atoms with E-state index in [-0.39, 0.29) is 12.0 Å². The zero-order valence-electron chi connectivity index (χ0n) is 18.8. The maximum Gasteiger partial charge on any atom is 0.272 e. The van der Waals surface area contributed by atoms with E-state index in [2.05, 4.69) is 10.5 Å². The Balaban J connectivity index is 1.59. The highest BCUT2D eigenvalue weighted by Crippen LogP contribution is 2.28. The van der Waals surface area contributed by atoms with Crippen LogP contribution in [-0.4, -0.2) is 30.3 Å². The number of benzene rings is 3. The van der Waals surface area contributed by atoms with E-state index in [4.69, 9.17) is 14.5 Å². The summed E-state index contributed by atoms with van der Waals surface area (Å²) in [6.07, 6.45) is 1.61. The SMILES string of the molecule is COc1cc(/C=N\NC(=O)c2cc(-c3ccccc3)nc3ccccc23)ccc1OC(C)C. The van der Waals surface area contributed by atoms with Crippen LogP contribution in [0, 0.1) is 0 Å². The standard InChI is InChI=1S/C27H25N3O3/c1-18(2)33-25-14-13-19(15-26(25)32-3)17-28-30-27(31)22-16-24(20-9-5-4-6-10-20)29-23-12-8-7-11-21(22)23/h4-18H,1-3H3,(H,30,31)/b28-17-. The highest BCUT2D eigenvalue weighted by Gasteiger charge is 2.13. The smallest absolute Gasteiger partial charge is 0.272 e. The van der Waals surface area contributed by atoms with Crippen molar-refractivity contribution in [2.45, 2.75) is 20.0 Å². The lowest BCUT2D eigenvalue weighted by atomic mass is 10.0. The molecule has 1 aromatic heterocycles. The van der Waals surface area contributed by atoms with E-state index < -0.39 is 0 Å². The number of methoxy groups -OCH3 is 1. The summed E-state index contributed by atoms with van der Waals surface area (Å²) in [6.45, 7) is 3.91. The number of hydrazone groups is 1. The Morgan fingerprint density at radius 1 is 0.970 bits per heavy atom. The summed E-state index contributed by atoms with van der Waals surface area (Å²) in [5.41, 5.74) is 6.33. The minimum Gasteiger partial charge on any atom is -0.493 e. The minimum atomic E-state index is -0.311. The van der Waals surface area contributed by atoms with Crippen molar-refractivity contribution >= 4 is 23.0 Å². The zero-order valence-corrected chi connectivity index (χ0v) is 18.8. The first-order chi connectivity index (χ1) is 16.0. The van der Waals surface area contributed by atoms with Gasteiger partial charge in [-0.1, -0.05) is 48.5 Å². The van der Waals surface area contributed by atoms with Crippen LogP contribution in [0.3, 0.4) is 0 Å². The van der Waals surface area contributed by atoms with E-state index in [1.807, 2.05) is 86.6 Å². The molecule has 0 radical (unpaired) electrons. The number of pyridine rings is 1. The molecule has 3 aromatic carbocycles. The van der Waals surface area contributed by atoms with E-state index in [0.717, 1.165) is 27.7 Å². The van der Waals surface area contributed by atoms with E-state index in [1.165, 1.54) is 0 Å². The fraction of sp³-hybridized carbons (Fsp3) is 0.148. The van der Waals surface area contributed by atoms with Gasteiger partial charge < -0.3 is 9.47 Å². The van der Waals surface area contributed by atoms with E-state index in [0.29, 0.717) is 17.1 Å². The number of carbonyl (C=O) groups excluding carboxylic acids is 1. The number of hydrogen-bond donors (Lipinski definition) is 1. The van der Waals surface area contributed by atoms with Crippen LogP contribution in [0.4, 0.5) is 0 Å². The van der Waals surface area contributed by atoms with Crippen molar-refractivity contribution in [3.63, 3.8) is 0 Å². The van der Waals surface area contributed by atoms with E-state index >= 15 is 0 Å². The molecule has 4 aromatic rings. The minimum absolute atomic E-state index is 0.0358. The third-order valence-corrected chi connectivity index (χ3v) is 4.96. The molecule has 6 nitrogen and oxygen atoms in total. The van der Waals surface area contributed by atoms with Gasteiger partial charge in [0.1, 0.15) is 0 Å². The van der Waals surface area contributed by atoms with Gasteiger partial charge in [0, 0.05) is 10.9 Å². The van der Waals surface area contributed by atoms with Gasteiger partial charge in [-0.05, 0) is 49.7 Å². The van der Waals surface area contributed by atoms with Crippen LogP contribution in [0.15, 0.2) is 84.0 Å². The molecular formula is C27H25N3O3. The van der Waals surface area contributed by atoms with Crippen LogP contribution in [0.25, 0.3) is 22.2 Å². The third kappa shape index (κ3) is 5.18. The van der Waals surface area contributed by atoms with Crippen LogP contribution < -0.4 is 14.9 Å². The fourth-order valence-corrected chi connectivity index (χ4v) is 3.46. The van der Waals surface area contributed by atoms with Crippen LogP contribution in [0.1, 0.15) is 29.8 Å².